The fraction of sp³-hybridized carbons (Fsp3) is 0.381. The number of nitrogens with two attached hydrogens (primary N) is 1. The number of nitrogens with one attached hydrogen (secondary N) is 1. The summed E-state index contributed by atoms with van der Waals surface area (Å²) in [7, 11) is 1.80. The van der Waals surface area contributed by atoms with Crippen LogP contribution in [0.4, 0.5) is 10.7 Å². The number of carbonyl (C=O) groups is 1. The number of rotatable bonds is 5. The maximum Gasteiger partial charge on any atom is 0.318 e. The van der Waals surface area contributed by atoms with Crippen molar-refractivity contribution >= 4 is 35.2 Å². The summed E-state index contributed by atoms with van der Waals surface area (Å²) in [6, 6.07) is 3.47. The molecule has 3 aromatic rings. The lowest BCUT2D eigenvalue weighted by molar-refractivity contribution is 0.197. The number of nitrogen functional groups attached to an aromatic ring is 1. The Morgan fingerprint density at radius 1 is 1.21 bits per heavy atom. The second-order valence-electron chi connectivity index (χ2n) is 8.19. The van der Waals surface area contributed by atoms with E-state index in [0.717, 1.165) is 18.4 Å². The van der Waals surface area contributed by atoms with Gasteiger partial charge in [-0.15, -0.1) is 0 Å². The number of carbonyl (C=O) groups excluding carboxylic acids is 1. The minimum Gasteiger partial charge on any atom is -0.484 e. The van der Waals surface area contributed by atoms with E-state index in [0.29, 0.717) is 57.5 Å². The first-order chi connectivity index (χ1) is 15.8. The molecule has 1 saturated carbocycles. The Morgan fingerprint density at radius 2 is 2.00 bits per heavy atom. The Kier molecular flexibility index (Phi) is 5.49. The summed E-state index contributed by atoms with van der Waals surface area (Å²) < 4.78 is 7.58. The minimum absolute atomic E-state index is 0.108. The normalized spacial score (nSPS) is 15.0. The molecule has 1 aromatic carbocycles. The van der Waals surface area contributed by atoms with E-state index in [9.17, 15) is 4.79 Å². The summed E-state index contributed by atoms with van der Waals surface area (Å²) in [4.78, 5) is 27.4. The van der Waals surface area contributed by atoms with Gasteiger partial charge in [0.05, 0.1) is 34.5 Å². The zero-order valence-corrected chi connectivity index (χ0v) is 19.6. The lowest BCUT2D eigenvalue weighted by atomic mass is 10.1. The van der Waals surface area contributed by atoms with E-state index in [1.165, 1.54) is 0 Å². The molecular formula is C21H22Cl2N8O2. The van der Waals surface area contributed by atoms with Crippen LogP contribution in [0.15, 0.2) is 12.1 Å². The molecule has 0 bridgehead atoms. The second-order valence-corrected chi connectivity index (χ2v) is 9.00. The number of nitrogens with zero attached hydrogens (tertiary/aromatic N) is 6. The molecule has 172 valence electrons. The summed E-state index contributed by atoms with van der Waals surface area (Å²) in [5, 5.41) is 7.97. The first-order valence-corrected chi connectivity index (χ1v) is 11.2. The van der Waals surface area contributed by atoms with Crippen molar-refractivity contribution in [3.8, 4) is 17.0 Å². The molecule has 3 heterocycles. The van der Waals surface area contributed by atoms with Crippen LogP contribution >= 0.6 is 23.2 Å². The molecule has 10 nitrogen and oxygen atoms in total. The zero-order chi connectivity index (χ0) is 23.3. The van der Waals surface area contributed by atoms with Crippen molar-refractivity contribution in [1.29, 1.82) is 0 Å². The first-order valence-electron chi connectivity index (χ1n) is 10.5. The Hall–Kier alpha value is -3.11. The van der Waals surface area contributed by atoms with Gasteiger partial charge in [-0.05, 0) is 31.9 Å². The summed E-state index contributed by atoms with van der Waals surface area (Å²) in [5.74, 6) is 1.84. The van der Waals surface area contributed by atoms with Gasteiger partial charge < -0.3 is 20.7 Å². The number of amides is 2. The molecule has 2 aromatic heterocycles. The fourth-order valence-corrected chi connectivity index (χ4v) is 4.31. The number of ether oxygens (including phenoxy) is 1. The van der Waals surface area contributed by atoms with Gasteiger partial charge in [-0.3, -0.25) is 0 Å². The summed E-state index contributed by atoms with van der Waals surface area (Å²) in [5.41, 5.74) is 8.65. The number of urea groups is 1. The highest BCUT2D eigenvalue weighted by Crippen LogP contribution is 2.40. The average molecular weight is 489 g/mol. The van der Waals surface area contributed by atoms with Crippen LogP contribution in [-0.2, 0) is 26.7 Å². The van der Waals surface area contributed by atoms with E-state index < -0.39 is 0 Å². The van der Waals surface area contributed by atoms with Crippen LogP contribution in [0.1, 0.15) is 35.7 Å². The molecule has 0 radical (unpaired) electrons. The Labute approximate surface area is 200 Å². The molecule has 1 fully saturated rings. The highest BCUT2D eigenvalue weighted by Gasteiger charge is 2.32. The Balaban J connectivity index is 1.45. The first kappa shape index (κ1) is 21.7. The molecule has 1 aliphatic heterocycles. The number of anilines is 1. The molecule has 33 heavy (non-hydrogen) atoms. The molecule has 0 saturated heterocycles. The maximum atomic E-state index is 12.6. The SMILES string of the molecule is Cc1nc(COc2cc(-c3nc(N)nc4c3CN(C(=O)NC3CC3)C4)c(Cl)cc2Cl)n(C)n1. The summed E-state index contributed by atoms with van der Waals surface area (Å²) >= 11 is 12.9. The highest BCUT2D eigenvalue weighted by molar-refractivity contribution is 6.37. The molecule has 0 spiro atoms. The molecule has 0 unspecified atom stereocenters. The third-order valence-electron chi connectivity index (χ3n) is 5.58. The van der Waals surface area contributed by atoms with Crippen LogP contribution in [0.2, 0.25) is 10.0 Å². The predicted octanol–water partition coefficient (Wildman–Crippen LogP) is 3.24. The van der Waals surface area contributed by atoms with Crippen molar-refractivity contribution in [2.75, 3.05) is 5.73 Å². The van der Waals surface area contributed by atoms with Crippen molar-refractivity contribution < 1.29 is 9.53 Å². The van der Waals surface area contributed by atoms with Crippen LogP contribution in [0.25, 0.3) is 11.3 Å². The topological polar surface area (TPSA) is 124 Å². The van der Waals surface area contributed by atoms with Gasteiger partial charge in [0, 0.05) is 24.2 Å². The Bertz CT molecular complexity index is 1260. The van der Waals surface area contributed by atoms with E-state index >= 15 is 0 Å². The number of halogens is 2. The molecule has 2 aliphatic rings. The largest absolute Gasteiger partial charge is 0.484 e. The Morgan fingerprint density at radius 3 is 2.70 bits per heavy atom. The van der Waals surface area contributed by atoms with Gasteiger partial charge in [-0.1, -0.05) is 23.2 Å². The molecule has 5 rings (SSSR count). The van der Waals surface area contributed by atoms with Crippen molar-refractivity contribution in [3.05, 3.63) is 45.1 Å². The number of aromatic nitrogens is 5. The molecule has 0 atom stereocenters. The van der Waals surface area contributed by atoms with Gasteiger partial charge in [0.2, 0.25) is 5.95 Å². The van der Waals surface area contributed by atoms with E-state index in [-0.39, 0.29) is 24.6 Å². The lowest BCUT2D eigenvalue weighted by Crippen LogP contribution is -2.37. The van der Waals surface area contributed by atoms with E-state index in [2.05, 4.69) is 25.4 Å². The quantitative estimate of drug-likeness (QED) is 0.564. The van der Waals surface area contributed by atoms with Crippen LogP contribution in [0, 0.1) is 6.92 Å². The monoisotopic (exact) mass is 488 g/mol. The van der Waals surface area contributed by atoms with Crippen molar-refractivity contribution in [2.45, 2.75) is 45.5 Å². The molecule has 3 N–H and O–H groups in total. The fourth-order valence-electron chi connectivity index (χ4n) is 3.78. The van der Waals surface area contributed by atoms with Crippen molar-refractivity contribution in [1.82, 2.24) is 34.9 Å². The molecular weight excluding hydrogens is 467 g/mol. The zero-order valence-electron chi connectivity index (χ0n) is 18.1. The number of hydrogen-bond donors (Lipinski definition) is 2. The van der Waals surface area contributed by atoms with Crippen molar-refractivity contribution in [3.63, 3.8) is 0 Å². The number of aryl methyl sites for hydroxylation is 2. The lowest BCUT2D eigenvalue weighted by Gasteiger charge is -2.16. The highest BCUT2D eigenvalue weighted by atomic mass is 35.5. The average Bonchev–Trinajstić information content (AvgIpc) is 3.36. The number of hydrogen-bond acceptors (Lipinski definition) is 7. The molecule has 2 amide bonds. The predicted molar refractivity (Wildman–Crippen MR) is 123 cm³/mol. The van der Waals surface area contributed by atoms with Gasteiger partial charge in [0.1, 0.15) is 18.2 Å². The molecule has 12 heteroatoms. The molecule has 1 aliphatic carbocycles. The van der Waals surface area contributed by atoms with Gasteiger partial charge in [-0.2, -0.15) is 5.10 Å². The minimum atomic E-state index is -0.120. The van der Waals surface area contributed by atoms with Gasteiger partial charge in [0.15, 0.2) is 5.82 Å². The van der Waals surface area contributed by atoms with E-state index in [1.807, 2.05) is 6.92 Å². The van der Waals surface area contributed by atoms with Gasteiger partial charge in [0.25, 0.3) is 0 Å². The third kappa shape index (κ3) is 4.40. The smallest absolute Gasteiger partial charge is 0.318 e. The van der Waals surface area contributed by atoms with E-state index in [4.69, 9.17) is 33.7 Å². The van der Waals surface area contributed by atoms with Crippen LogP contribution < -0.4 is 15.8 Å². The number of fused-ring (bicyclic) bond motifs is 1. The maximum absolute atomic E-state index is 12.6. The van der Waals surface area contributed by atoms with Crippen LogP contribution in [0.3, 0.4) is 0 Å². The standard InChI is InChI=1S/C21H22Cl2N8O2/c1-10-25-18(30(2)29-10)9-33-17-5-12(14(22)6-15(17)23)19-13-7-31(21(32)26-11-3-4-11)8-16(13)27-20(24)28-19/h5-6,11H,3-4,7-9H2,1-2H3,(H,26,32)(H2,24,27,28). The van der Waals surface area contributed by atoms with Gasteiger partial charge >= 0.3 is 6.03 Å². The van der Waals surface area contributed by atoms with Crippen LogP contribution in [-0.4, -0.2) is 41.7 Å². The summed E-state index contributed by atoms with van der Waals surface area (Å²) in [6.45, 7) is 2.70. The second kappa shape index (κ2) is 8.35. The third-order valence-corrected chi connectivity index (χ3v) is 6.19. The van der Waals surface area contributed by atoms with Crippen molar-refractivity contribution in [2.24, 2.45) is 7.05 Å². The summed E-state index contributed by atoms with van der Waals surface area (Å²) in [6.07, 6.45) is 2.03. The van der Waals surface area contributed by atoms with Crippen LogP contribution in [0.5, 0.6) is 5.75 Å². The van der Waals surface area contributed by atoms with Gasteiger partial charge in [-0.25, -0.2) is 24.4 Å². The number of benzene rings is 1. The van der Waals surface area contributed by atoms with E-state index in [1.54, 1.807) is 28.8 Å².